The van der Waals surface area contributed by atoms with Crippen molar-refractivity contribution < 1.29 is 9.53 Å². The molecular weight excluding hydrogens is 505 g/mol. The lowest BCUT2D eigenvalue weighted by Gasteiger charge is -2.08. The van der Waals surface area contributed by atoms with Crippen LogP contribution in [0, 0.1) is 0 Å². The number of ether oxygens (including phenoxy) is 1. The topological polar surface area (TPSA) is 81.1 Å². The van der Waals surface area contributed by atoms with Gasteiger partial charge < -0.3 is 19.9 Å². The standard InChI is InChI=1S/C23H20IN5O2/c1-14(24)15-5-4-6-16(11-15)27-23-28-19-12-17(7-8-21(19)29(23)3)31-18-9-10-26-20(13-18)22(30)25-2/h4-13H,1H2,2-3H3,(H,25,30)(H,27,28). The Hall–Kier alpha value is -3.40. The number of benzene rings is 2. The fraction of sp³-hybridized carbons (Fsp3) is 0.0870. The van der Waals surface area contributed by atoms with Crippen LogP contribution in [0.2, 0.25) is 0 Å². The molecule has 8 heteroatoms. The van der Waals surface area contributed by atoms with Gasteiger partial charge in [0.25, 0.3) is 5.91 Å². The van der Waals surface area contributed by atoms with Crippen molar-refractivity contribution in [3.63, 3.8) is 0 Å². The molecule has 0 unspecified atom stereocenters. The lowest BCUT2D eigenvalue weighted by atomic mass is 10.2. The molecule has 2 aromatic carbocycles. The molecule has 1 amide bonds. The van der Waals surface area contributed by atoms with Crippen LogP contribution in [0.15, 0.2) is 67.4 Å². The lowest BCUT2D eigenvalue weighted by molar-refractivity contribution is 0.0958. The van der Waals surface area contributed by atoms with Crippen molar-refractivity contribution >= 4 is 54.7 Å². The Balaban J connectivity index is 1.60. The molecule has 31 heavy (non-hydrogen) atoms. The van der Waals surface area contributed by atoms with Gasteiger partial charge in [-0.15, -0.1) is 0 Å². The average molecular weight is 525 g/mol. The summed E-state index contributed by atoms with van der Waals surface area (Å²) < 4.78 is 8.89. The van der Waals surface area contributed by atoms with Crippen LogP contribution in [-0.4, -0.2) is 27.5 Å². The Kier molecular flexibility index (Phi) is 5.90. The molecule has 0 fully saturated rings. The molecule has 0 saturated carbocycles. The van der Waals surface area contributed by atoms with Crippen molar-refractivity contribution in [2.75, 3.05) is 12.4 Å². The van der Waals surface area contributed by atoms with E-state index in [4.69, 9.17) is 9.72 Å². The molecule has 0 aliphatic heterocycles. The lowest BCUT2D eigenvalue weighted by Crippen LogP contribution is -2.18. The van der Waals surface area contributed by atoms with Gasteiger partial charge in [-0.2, -0.15) is 0 Å². The van der Waals surface area contributed by atoms with Gasteiger partial charge >= 0.3 is 0 Å². The van der Waals surface area contributed by atoms with Crippen molar-refractivity contribution in [3.8, 4) is 11.5 Å². The second-order valence-corrected chi connectivity index (χ2v) is 8.12. The molecule has 7 nitrogen and oxygen atoms in total. The van der Waals surface area contributed by atoms with E-state index in [9.17, 15) is 4.79 Å². The molecule has 156 valence electrons. The van der Waals surface area contributed by atoms with E-state index in [0.717, 1.165) is 25.9 Å². The van der Waals surface area contributed by atoms with Crippen molar-refractivity contribution in [1.82, 2.24) is 19.9 Å². The first-order chi connectivity index (χ1) is 14.9. The van der Waals surface area contributed by atoms with Crippen LogP contribution >= 0.6 is 22.6 Å². The summed E-state index contributed by atoms with van der Waals surface area (Å²) in [6.07, 6.45) is 1.54. The number of halogens is 1. The number of carbonyl (C=O) groups excluding carboxylic acids is 1. The monoisotopic (exact) mass is 525 g/mol. The number of amides is 1. The maximum absolute atomic E-state index is 11.8. The van der Waals surface area contributed by atoms with Gasteiger partial charge in [-0.1, -0.05) is 18.7 Å². The Morgan fingerprint density at radius 2 is 1.94 bits per heavy atom. The quantitative estimate of drug-likeness (QED) is 0.336. The van der Waals surface area contributed by atoms with E-state index in [1.54, 1.807) is 25.4 Å². The summed E-state index contributed by atoms with van der Waals surface area (Å²) >= 11 is 2.21. The number of aromatic nitrogens is 3. The van der Waals surface area contributed by atoms with Crippen LogP contribution in [0.3, 0.4) is 0 Å². The van der Waals surface area contributed by atoms with E-state index in [1.807, 2.05) is 54.1 Å². The number of imidazole rings is 1. The Morgan fingerprint density at radius 1 is 1.13 bits per heavy atom. The average Bonchev–Trinajstić information content (AvgIpc) is 3.08. The van der Waals surface area contributed by atoms with Crippen molar-refractivity contribution in [2.45, 2.75) is 0 Å². The number of carbonyl (C=O) groups is 1. The molecule has 0 aliphatic carbocycles. The zero-order valence-corrected chi connectivity index (χ0v) is 19.2. The number of anilines is 2. The van der Waals surface area contributed by atoms with Gasteiger partial charge in [-0.05, 0) is 58.5 Å². The van der Waals surface area contributed by atoms with Crippen LogP contribution in [0.5, 0.6) is 11.5 Å². The molecule has 0 bridgehead atoms. The number of hydrogen-bond donors (Lipinski definition) is 2. The molecule has 0 atom stereocenters. The van der Waals surface area contributed by atoms with E-state index < -0.39 is 0 Å². The van der Waals surface area contributed by atoms with Gasteiger partial charge in [0.15, 0.2) is 0 Å². The first-order valence-corrected chi connectivity index (χ1v) is 10.6. The Morgan fingerprint density at radius 3 is 2.71 bits per heavy atom. The zero-order valence-electron chi connectivity index (χ0n) is 17.0. The molecular formula is C23H20IN5O2. The van der Waals surface area contributed by atoms with Crippen LogP contribution in [0.1, 0.15) is 16.1 Å². The zero-order chi connectivity index (χ0) is 22.0. The molecule has 4 rings (SSSR count). The third-order valence-electron chi connectivity index (χ3n) is 4.71. The SMILES string of the molecule is C=C(I)c1cccc(Nc2nc3cc(Oc4ccnc(C(=O)NC)c4)ccc3n2C)c1. The summed E-state index contributed by atoms with van der Waals surface area (Å²) in [5.74, 6) is 1.60. The molecule has 2 heterocycles. The number of nitrogens with zero attached hydrogens (tertiary/aromatic N) is 3. The summed E-state index contributed by atoms with van der Waals surface area (Å²) in [5, 5.41) is 5.92. The highest BCUT2D eigenvalue weighted by Crippen LogP contribution is 2.29. The normalized spacial score (nSPS) is 10.7. The van der Waals surface area contributed by atoms with Crippen LogP contribution in [0.25, 0.3) is 14.6 Å². The second-order valence-electron chi connectivity index (χ2n) is 6.81. The van der Waals surface area contributed by atoms with Crippen LogP contribution in [-0.2, 0) is 7.05 Å². The van der Waals surface area contributed by atoms with Crippen LogP contribution < -0.4 is 15.4 Å². The van der Waals surface area contributed by atoms with Gasteiger partial charge in [0, 0.05) is 41.7 Å². The van der Waals surface area contributed by atoms with Crippen molar-refractivity contribution in [3.05, 3.63) is 78.6 Å². The largest absolute Gasteiger partial charge is 0.457 e. The van der Waals surface area contributed by atoms with E-state index in [2.05, 4.69) is 44.8 Å². The van der Waals surface area contributed by atoms with E-state index in [1.165, 1.54) is 0 Å². The summed E-state index contributed by atoms with van der Waals surface area (Å²) in [7, 11) is 3.52. The minimum Gasteiger partial charge on any atom is -0.457 e. The summed E-state index contributed by atoms with van der Waals surface area (Å²) in [6.45, 7) is 3.99. The number of fused-ring (bicyclic) bond motifs is 1. The molecule has 0 aliphatic rings. The minimum absolute atomic E-state index is 0.267. The maximum Gasteiger partial charge on any atom is 0.269 e. The molecule has 2 aromatic heterocycles. The predicted molar refractivity (Wildman–Crippen MR) is 131 cm³/mol. The number of nitrogens with one attached hydrogen (secondary N) is 2. The van der Waals surface area contributed by atoms with Crippen molar-refractivity contribution in [1.29, 1.82) is 0 Å². The number of hydrogen-bond acceptors (Lipinski definition) is 5. The van der Waals surface area contributed by atoms with Gasteiger partial charge in [0.2, 0.25) is 5.95 Å². The molecule has 2 N–H and O–H groups in total. The van der Waals surface area contributed by atoms with Crippen LogP contribution in [0.4, 0.5) is 11.6 Å². The maximum atomic E-state index is 11.8. The molecule has 0 spiro atoms. The highest BCUT2D eigenvalue weighted by Gasteiger charge is 2.11. The van der Waals surface area contributed by atoms with Gasteiger partial charge in [0.05, 0.1) is 11.0 Å². The van der Waals surface area contributed by atoms with Gasteiger partial charge in [-0.25, -0.2) is 4.98 Å². The Labute approximate surface area is 193 Å². The minimum atomic E-state index is -0.267. The van der Waals surface area contributed by atoms with E-state index in [0.29, 0.717) is 23.1 Å². The summed E-state index contributed by atoms with van der Waals surface area (Å²) in [5.41, 5.74) is 4.04. The Bertz CT molecular complexity index is 1300. The fourth-order valence-electron chi connectivity index (χ4n) is 3.11. The molecule has 4 aromatic rings. The first kappa shape index (κ1) is 20.9. The van der Waals surface area contributed by atoms with E-state index >= 15 is 0 Å². The third kappa shape index (κ3) is 4.53. The highest BCUT2D eigenvalue weighted by atomic mass is 127. The van der Waals surface area contributed by atoms with Gasteiger partial charge in [-0.3, -0.25) is 9.78 Å². The number of rotatable bonds is 6. The summed E-state index contributed by atoms with van der Waals surface area (Å²) in [4.78, 5) is 20.6. The smallest absolute Gasteiger partial charge is 0.269 e. The van der Waals surface area contributed by atoms with Crippen molar-refractivity contribution in [2.24, 2.45) is 7.05 Å². The van der Waals surface area contributed by atoms with E-state index in [-0.39, 0.29) is 5.91 Å². The predicted octanol–water partition coefficient (Wildman–Crippen LogP) is 5.27. The summed E-state index contributed by atoms with van der Waals surface area (Å²) in [6, 6.07) is 17.0. The number of pyridine rings is 1. The third-order valence-corrected chi connectivity index (χ3v) is 5.33. The molecule has 0 radical (unpaired) electrons. The fourth-order valence-corrected chi connectivity index (χ4v) is 3.45. The highest BCUT2D eigenvalue weighted by molar-refractivity contribution is 14.1. The number of aryl methyl sites for hydroxylation is 1. The second kappa shape index (κ2) is 8.76. The molecule has 0 saturated heterocycles. The first-order valence-electron chi connectivity index (χ1n) is 9.49. The van der Waals surface area contributed by atoms with Gasteiger partial charge in [0.1, 0.15) is 17.2 Å².